The number of alkyl carbamates (subject to hydrolysis) is 1. The first kappa shape index (κ1) is 19.6. The number of sulfone groups is 1. The molecular formula is C18H25N3O5S. The van der Waals surface area contributed by atoms with Crippen LogP contribution in [0.1, 0.15) is 26.3 Å². The summed E-state index contributed by atoms with van der Waals surface area (Å²) in [5, 5.41) is 21.0. The van der Waals surface area contributed by atoms with Crippen LogP contribution in [-0.4, -0.2) is 59.1 Å². The first-order valence-electron chi connectivity index (χ1n) is 8.82. The first-order chi connectivity index (χ1) is 12.5. The monoisotopic (exact) mass is 395 g/mol. The van der Waals surface area contributed by atoms with Gasteiger partial charge in [-0.05, 0) is 44.9 Å². The van der Waals surface area contributed by atoms with E-state index >= 15 is 0 Å². The van der Waals surface area contributed by atoms with E-state index < -0.39 is 39.6 Å². The number of carbonyl (C=O) groups is 1. The fraction of sp³-hybridized carbons (Fsp3) is 0.556. The van der Waals surface area contributed by atoms with E-state index in [4.69, 9.17) is 4.74 Å². The van der Waals surface area contributed by atoms with Crippen molar-refractivity contribution in [3.8, 4) is 0 Å². The summed E-state index contributed by atoms with van der Waals surface area (Å²) in [4.78, 5) is 12.0. The summed E-state index contributed by atoms with van der Waals surface area (Å²) in [7, 11) is -3.40. The standard InChI is InChI=1S/C18H25N3O5S/c1-18(2,3)26-17(23)20-15-10-27(24,25)9-13(16(15)22)7-11-4-5-14-12(6-11)8-19-21-14/h4-6,8,13,15-16,22H,7,9-10H2,1-3H3,(H,19,21)(H,20,23)/t13-,15+,16+/m1/s1. The van der Waals surface area contributed by atoms with Crippen molar-refractivity contribution >= 4 is 26.8 Å². The number of aromatic nitrogens is 2. The predicted molar refractivity (Wildman–Crippen MR) is 101 cm³/mol. The summed E-state index contributed by atoms with van der Waals surface area (Å²) < 4.78 is 29.8. The summed E-state index contributed by atoms with van der Waals surface area (Å²) in [5.74, 6) is -0.942. The Bertz CT molecular complexity index is 932. The maximum absolute atomic E-state index is 12.3. The quantitative estimate of drug-likeness (QED) is 0.722. The predicted octanol–water partition coefficient (Wildman–Crippen LogP) is 1.40. The molecule has 0 unspecified atom stereocenters. The Morgan fingerprint density at radius 1 is 1.37 bits per heavy atom. The van der Waals surface area contributed by atoms with Gasteiger partial charge in [-0.25, -0.2) is 13.2 Å². The van der Waals surface area contributed by atoms with Crippen LogP contribution in [0.4, 0.5) is 4.79 Å². The number of amides is 1. The van der Waals surface area contributed by atoms with Gasteiger partial charge in [0.15, 0.2) is 9.84 Å². The third kappa shape index (κ3) is 4.98. The van der Waals surface area contributed by atoms with Crippen molar-refractivity contribution in [2.45, 2.75) is 44.9 Å². The highest BCUT2D eigenvalue weighted by atomic mass is 32.2. The number of benzene rings is 1. The lowest BCUT2D eigenvalue weighted by atomic mass is 9.91. The van der Waals surface area contributed by atoms with Gasteiger partial charge in [0, 0.05) is 11.3 Å². The number of carbonyl (C=O) groups excluding carboxylic acids is 1. The SMILES string of the molecule is CC(C)(C)OC(=O)N[C@H]1CS(=O)(=O)C[C@@H](Cc2ccc3[nH]ncc3c2)[C@@H]1O. The number of nitrogens with one attached hydrogen (secondary N) is 2. The van der Waals surface area contributed by atoms with Crippen LogP contribution in [0.15, 0.2) is 24.4 Å². The molecule has 3 N–H and O–H groups in total. The molecule has 9 heteroatoms. The zero-order chi connectivity index (χ0) is 19.8. The van der Waals surface area contributed by atoms with Gasteiger partial charge in [0.2, 0.25) is 0 Å². The molecule has 27 heavy (non-hydrogen) atoms. The van der Waals surface area contributed by atoms with Crippen molar-refractivity contribution in [3.63, 3.8) is 0 Å². The molecule has 1 saturated heterocycles. The number of hydrogen-bond acceptors (Lipinski definition) is 6. The lowest BCUT2D eigenvalue weighted by molar-refractivity contribution is 0.0358. The van der Waals surface area contributed by atoms with Crippen molar-refractivity contribution in [2.75, 3.05) is 11.5 Å². The van der Waals surface area contributed by atoms with Gasteiger partial charge in [-0.1, -0.05) is 6.07 Å². The Balaban J connectivity index is 1.75. The highest BCUT2D eigenvalue weighted by molar-refractivity contribution is 7.91. The number of rotatable bonds is 3. The zero-order valence-electron chi connectivity index (χ0n) is 15.6. The van der Waals surface area contributed by atoms with Gasteiger partial charge in [-0.3, -0.25) is 5.10 Å². The average molecular weight is 395 g/mol. The smallest absolute Gasteiger partial charge is 0.407 e. The minimum Gasteiger partial charge on any atom is -0.444 e. The number of aliphatic hydroxyl groups is 1. The van der Waals surface area contributed by atoms with Crippen LogP contribution in [0.5, 0.6) is 0 Å². The number of ether oxygens (including phenoxy) is 1. The number of aromatic amines is 1. The fourth-order valence-corrected chi connectivity index (χ4v) is 5.31. The summed E-state index contributed by atoms with van der Waals surface area (Å²) in [5.41, 5.74) is 1.09. The van der Waals surface area contributed by atoms with E-state index in [-0.39, 0.29) is 11.5 Å². The lowest BCUT2D eigenvalue weighted by Crippen LogP contribution is -2.56. The van der Waals surface area contributed by atoms with Gasteiger partial charge in [-0.2, -0.15) is 5.10 Å². The minimum absolute atomic E-state index is 0.121. The third-order valence-electron chi connectivity index (χ3n) is 4.50. The molecule has 3 rings (SSSR count). The Morgan fingerprint density at radius 3 is 2.81 bits per heavy atom. The molecule has 0 saturated carbocycles. The fourth-order valence-electron chi connectivity index (χ4n) is 3.38. The van der Waals surface area contributed by atoms with Crippen molar-refractivity contribution in [2.24, 2.45) is 5.92 Å². The third-order valence-corrected chi connectivity index (χ3v) is 6.30. The molecule has 148 valence electrons. The van der Waals surface area contributed by atoms with E-state index in [1.165, 1.54) is 0 Å². The Hall–Kier alpha value is -2.13. The molecule has 0 bridgehead atoms. The molecule has 2 aromatic rings. The normalized spacial score (nSPS) is 25.3. The molecule has 0 radical (unpaired) electrons. The second-order valence-electron chi connectivity index (χ2n) is 8.08. The Kier molecular flexibility index (Phi) is 5.18. The summed E-state index contributed by atoms with van der Waals surface area (Å²) >= 11 is 0. The number of nitrogens with zero attached hydrogens (tertiary/aromatic N) is 1. The van der Waals surface area contributed by atoms with E-state index in [9.17, 15) is 18.3 Å². The second-order valence-corrected chi connectivity index (χ2v) is 10.2. The Morgan fingerprint density at radius 2 is 2.11 bits per heavy atom. The lowest BCUT2D eigenvalue weighted by Gasteiger charge is -2.35. The molecule has 1 aromatic heterocycles. The van der Waals surface area contributed by atoms with Crippen LogP contribution < -0.4 is 5.32 Å². The maximum atomic E-state index is 12.3. The molecule has 1 aliphatic rings. The molecule has 3 atom stereocenters. The van der Waals surface area contributed by atoms with Gasteiger partial charge in [0.1, 0.15) is 5.60 Å². The highest BCUT2D eigenvalue weighted by Gasteiger charge is 2.40. The molecule has 0 aliphatic carbocycles. The van der Waals surface area contributed by atoms with Gasteiger partial charge < -0.3 is 15.2 Å². The van der Waals surface area contributed by atoms with Gasteiger partial charge >= 0.3 is 6.09 Å². The summed E-state index contributed by atoms with van der Waals surface area (Å²) in [6, 6.07) is 4.77. The topological polar surface area (TPSA) is 121 Å². The van der Waals surface area contributed by atoms with Crippen LogP contribution in [0.3, 0.4) is 0 Å². The summed E-state index contributed by atoms with van der Waals surface area (Å²) in [6.45, 7) is 5.15. The van der Waals surface area contributed by atoms with Crippen LogP contribution in [-0.2, 0) is 21.0 Å². The number of fused-ring (bicyclic) bond motifs is 1. The van der Waals surface area contributed by atoms with Crippen LogP contribution in [0.25, 0.3) is 10.9 Å². The minimum atomic E-state index is -3.40. The molecule has 2 heterocycles. The average Bonchev–Trinajstić information content (AvgIpc) is 2.97. The van der Waals surface area contributed by atoms with E-state index in [0.29, 0.717) is 6.42 Å². The molecule has 8 nitrogen and oxygen atoms in total. The number of aliphatic hydroxyl groups excluding tert-OH is 1. The van der Waals surface area contributed by atoms with Crippen LogP contribution in [0, 0.1) is 5.92 Å². The molecule has 1 aliphatic heterocycles. The van der Waals surface area contributed by atoms with Crippen LogP contribution in [0.2, 0.25) is 0 Å². The van der Waals surface area contributed by atoms with Crippen molar-refractivity contribution in [1.29, 1.82) is 0 Å². The van der Waals surface area contributed by atoms with E-state index in [1.54, 1.807) is 27.0 Å². The molecule has 0 spiro atoms. The van der Waals surface area contributed by atoms with E-state index in [0.717, 1.165) is 16.5 Å². The van der Waals surface area contributed by atoms with Gasteiger partial charge in [0.25, 0.3) is 0 Å². The van der Waals surface area contributed by atoms with Crippen molar-refractivity contribution in [1.82, 2.24) is 15.5 Å². The highest BCUT2D eigenvalue weighted by Crippen LogP contribution is 2.25. The summed E-state index contributed by atoms with van der Waals surface area (Å²) in [6.07, 6.45) is 0.358. The molecule has 1 amide bonds. The van der Waals surface area contributed by atoms with Crippen molar-refractivity contribution < 1.29 is 23.1 Å². The van der Waals surface area contributed by atoms with Gasteiger partial charge in [0.05, 0.1) is 35.4 Å². The second kappa shape index (κ2) is 7.12. The molecule has 1 aromatic carbocycles. The number of H-pyrrole nitrogens is 1. The largest absolute Gasteiger partial charge is 0.444 e. The zero-order valence-corrected chi connectivity index (χ0v) is 16.4. The maximum Gasteiger partial charge on any atom is 0.407 e. The number of hydrogen-bond donors (Lipinski definition) is 3. The Labute approximate surface area is 158 Å². The van der Waals surface area contributed by atoms with Gasteiger partial charge in [-0.15, -0.1) is 0 Å². The van der Waals surface area contributed by atoms with E-state index in [1.807, 2.05) is 18.2 Å². The first-order valence-corrected chi connectivity index (χ1v) is 10.6. The molecular weight excluding hydrogens is 370 g/mol. The van der Waals surface area contributed by atoms with E-state index in [2.05, 4.69) is 15.5 Å². The molecule has 1 fully saturated rings. The van der Waals surface area contributed by atoms with Crippen molar-refractivity contribution in [3.05, 3.63) is 30.0 Å². The van der Waals surface area contributed by atoms with Crippen LogP contribution >= 0.6 is 0 Å².